The van der Waals surface area contributed by atoms with Gasteiger partial charge in [-0.05, 0) is 36.4 Å². The van der Waals surface area contributed by atoms with Crippen LogP contribution < -0.4 is 29.6 Å². The lowest BCUT2D eigenvalue weighted by atomic mass is 10.3. The number of methoxy groups -OCH3 is 1. The highest BCUT2D eigenvalue weighted by atomic mass is 16.7. The molecule has 0 saturated carbocycles. The van der Waals surface area contributed by atoms with Crippen LogP contribution in [0.15, 0.2) is 42.5 Å². The second-order valence-corrected chi connectivity index (χ2v) is 7.71. The fraction of sp³-hybridized carbons (Fsp3) is 0.391. The summed E-state index contributed by atoms with van der Waals surface area (Å²) in [4.78, 5) is 28.7. The molecule has 4 rings (SSSR count). The number of carbonyl (C=O) groups is 2. The second kappa shape index (κ2) is 10.9. The van der Waals surface area contributed by atoms with Crippen LogP contribution in [0.1, 0.15) is 0 Å². The standard InChI is InChI=1S/C23H28N4O6/c1-30-18-3-5-19(6-4-18)31-13-12-26-8-10-27(11-9-26)15-22(28)25-23(29)24-17-2-7-20-21(14-17)33-16-32-20/h2-7,14H,8-13,15-16H2,1H3,(H2,24,25,28,29). The summed E-state index contributed by atoms with van der Waals surface area (Å²) >= 11 is 0. The number of benzene rings is 2. The largest absolute Gasteiger partial charge is 0.497 e. The zero-order chi connectivity index (χ0) is 23.0. The number of ether oxygens (including phenoxy) is 4. The van der Waals surface area contributed by atoms with Crippen LogP contribution in [0.2, 0.25) is 0 Å². The Morgan fingerprint density at radius 2 is 1.64 bits per heavy atom. The molecule has 176 valence electrons. The van der Waals surface area contributed by atoms with Gasteiger partial charge in [0.15, 0.2) is 11.5 Å². The van der Waals surface area contributed by atoms with Gasteiger partial charge in [-0.25, -0.2) is 4.79 Å². The smallest absolute Gasteiger partial charge is 0.325 e. The Morgan fingerprint density at radius 3 is 2.39 bits per heavy atom. The van der Waals surface area contributed by atoms with Crippen LogP contribution in [0.5, 0.6) is 23.0 Å². The molecule has 10 heteroatoms. The Bertz CT molecular complexity index is 960. The molecule has 33 heavy (non-hydrogen) atoms. The number of hydrogen-bond donors (Lipinski definition) is 2. The molecule has 2 aromatic carbocycles. The molecule has 0 radical (unpaired) electrons. The summed E-state index contributed by atoms with van der Waals surface area (Å²) in [5, 5.41) is 5.01. The van der Waals surface area contributed by atoms with Crippen molar-refractivity contribution < 1.29 is 28.5 Å². The molecule has 0 atom stereocenters. The van der Waals surface area contributed by atoms with Crippen molar-refractivity contribution in [1.82, 2.24) is 15.1 Å². The van der Waals surface area contributed by atoms with Crippen molar-refractivity contribution in [3.05, 3.63) is 42.5 Å². The Hall–Kier alpha value is -3.50. The molecule has 0 bridgehead atoms. The molecule has 0 spiro atoms. The number of imide groups is 1. The summed E-state index contributed by atoms with van der Waals surface area (Å²) in [6.45, 7) is 4.90. The zero-order valence-electron chi connectivity index (χ0n) is 18.5. The summed E-state index contributed by atoms with van der Waals surface area (Å²) in [6.07, 6.45) is 0. The van der Waals surface area contributed by atoms with Crippen LogP contribution in [0, 0.1) is 0 Å². The zero-order valence-corrected chi connectivity index (χ0v) is 18.5. The molecular weight excluding hydrogens is 428 g/mol. The highest BCUT2D eigenvalue weighted by Crippen LogP contribution is 2.34. The fourth-order valence-electron chi connectivity index (χ4n) is 3.64. The van der Waals surface area contributed by atoms with E-state index in [1.807, 2.05) is 29.2 Å². The first-order chi connectivity index (χ1) is 16.1. The van der Waals surface area contributed by atoms with Crippen LogP contribution in [-0.2, 0) is 4.79 Å². The molecule has 2 aromatic rings. The maximum atomic E-state index is 12.3. The summed E-state index contributed by atoms with van der Waals surface area (Å²) < 4.78 is 21.4. The number of rotatable bonds is 8. The number of anilines is 1. The Balaban J connectivity index is 1.11. The number of nitrogens with zero attached hydrogens (tertiary/aromatic N) is 2. The number of hydrogen-bond acceptors (Lipinski definition) is 8. The lowest BCUT2D eigenvalue weighted by molar-refractivity contribution is -0.121. The molecule has 1 fully saturated rings. The van der Waals surface area contributed by atoms with Gasteiger partial charge in [0, 0.05) is 44.5 Å². The number of carbonyl (C=O) groups excluding carboxylic acids is 2. The maximum absolute atomic E-state index is 12.3. The van der Waals surface area contributed by atoms with E-state index in [9.17, 15) is 9.59 Å². The average molecular weight is 456 g/mol. The van der Waals surface area contributed by atoms with Gasteiger partial charge >= 0.3 is 6.03 Å². The van der Waals surface area contributed by atoms with Crippen LogP contribution in [-0.4, -0.2) is 81.5 Å². The molecule has 2 N–H and O–H groups in total. The second-order valence-electron chi connectivity index (χ2n) is 7.71. The van der Waals surface area contributed by atoms with E-state index < -0.39 is 6.03 Å². The highest BCUT2D eigenvalue weighted by molar-refractivity contribution is 6.01. The van der Waals surface area contributed by atoms with Gasteiger partial charge in [0.1, 0.15) is 18.1 Å². The van der Waals surface area contributed by atoms with Crippen molar-refractivity contribution in [1.29, 1.82) is 0 Å². The predicted molar refractivity (Wildman–Crippen MR) is 121 cm³/mol. The maximum Gasteiger partial charge on any atom is 0.325 e. The number of fused-ring (bicyclic) bond motifs is 1. The van der Waals surface area contributed by atoms with Crippen LogP contribution in [0.3, 0.4) is 0 Å². The summed E-state index contributed by atoms with van der Waals surface area (Å²) in [7, 11) is 1.63. The quantitative estimate of drug-likeness (QED) is 0.620. The number of piperazine rings is 1. The van der Waals surface area contributed by atoms with Gasteiger partial charge in [0.05, 0.1) is 13.7 Å². The Morgan fingerprint density at radius 1 is 0.939 bits per heavy atom. The molecule has 1 saturated heterocycles. The third-order valence-electron chi connectivity index (χ3n) is 5.45. The normalized spacial score (nSPS) is 15.7. The van der Waals surface area contributed by atoms with Gasteiger partial charge < -0.3 is 24.3 Å². The third-order valence-corrected chi connectivity index (χ3v) is 5.45. The van der Waals surface area contributed by atoms with E-state index in [0.29, 0.717) is 23.8 Å². The van der Waals surface area contributed by atoms with Gasteiger partial charge in [-0.2, -0.15) is 0 Å². The molecular formula is C23H28N4O6. The van der Waals surface area contributed by atoms with Crippen molar-refractivity contribution in [3.63, 3.8) is 0 Å². The monoisotopic (exact) mass is 456 g/mol. The Kier molecular flexibility index (Phi) is 7.48. The summed E-state index contributed by atoms with van der Waals surface area (Å²) in [5.41, 5.74) is 0.523. The van der Waals surface area contributed by atoms with Gasteiger partial charge in [0.2, 0.25) is 12.7 Å². The Labute approximate surface area is 192 Å². The van der Waals surface area contributed by atoms with E-state index >= 15 is 0 Å². The number of amides is 3. The topological polar surface area (TPSA) is 102 Å². The van der Waals surface area contributed by atoms with Crippen molar-refractivity contribution >= 4 is 17.6 Å². The van der Waals surface area contributed by atoms with Gasteiger partial charge in [-0.15, -0.1) is 0 Å². The molecule has 0 aromatic heterocycles. The first kappa shape index (κ1) is 22.7. The van der Waals surface area contributed by atoms with Crippen molar-refractivity contribution in [2.45, 2.75) is 0 Å². The van der Waals surface area contributed by atoms with E-state index in [1.54, 1.807) is 25.3 Å². The number of urea groups is 1. The average Bonchev–Trinajstić information content (AvgIpc) is 3.28. The minimum Gasteiger partial charge on any atom is -0.497 e. The summed E-state index contributed by atoms with van der Waals surface area (Å²) in [5.74, 6) is 2.46. The lowest BCUT2D eigenvalue weighted by Gasteiger charge is -2.34. The molecule has 2 aliphatic rings. The molecule has 0 unspecified atom stereocenters. The van der Waals surface area contributed by atoms with Gasteiger partial charge in [-0.1, -0.05) is 0 Å². The number of nitrogens with one attached hydrogen (secondary N) is 2. The molecule has 2 aliphatic heterocycles. The van der Waals surface area contributed by atoms with E-state index in [0.717, 1.165) is 44.2 Å². The van der Waals surface area contributed by atoms with E-state index in [-0.39, 0.29) is 19.2 Å². The van der Waals surface area contributed by atoms with Crippen molar-refractivity contribution in [2.24, 2.45) is 0 Å². The van der Waals surface area contributed by atoms with Gasteiger partial charge in [-0.3, -0.25) is 19.9 Å². The van der Waals surface area contributed by atoms with Crippen molar-refractivity contribution in [3.8, 4) is 23.0 Å². The van der Waals surface area contributed by atoms with E-state index in [2.05, 4.69) is 15.5 Å². The lowest BCUT2D eigenvalue weighted by Crippen LogP contribution is -2.51. The minimum absolute atomic E-state index is 0.159. The van der Waals surface area contributed by atoms with E-state index in [4.69, 9.17) is 18.9 Å². The van der Waals surface area contributed by atoms with Crippen LogP contribution in [0.25, 0.3) is 0 Å². The van der Waals surface area contributed by atoms with E-state index in [1.165, 1.54) is 0 Å². The first-order valence-corrected chi connectivity index (χ1v) is 10.8. The van der Waals surface area contributed by atoms with Crippen LogP contribution in [0.4, 0.5) is 10.5 Å². The molecule has 2 heterocycles. The molecule has 3 amide bonds. The minimum atomic E-state index is -0.576. The summed E-state index contributed by atoms with van der Waals surface area (Å²) in [6, 6.07) is 12.0. The third kappa shape index (κ3) is 6.50. The highest BCUT2D eigenvalue weighted by Gasteiger charge is 2.20. The fourth-order valence-corrected chi connectivity index (χ4v) is 3.64. The first-order valence-electron chi connectivity index (χ1n) is 10.8. The SMILES string of the molecule is COc1ccc(OCCN2CCN(CC(=O)NC(=O)Nc3ccc4c(c3)OCO4)CC2)cc1. The van der Waals surface area contributed by atoms with Crippen LogP contribution >= 0.6 is 0 Å². The van der Waals surface area contributed by atoms with Gasteiger partial charge in [0.25, 0.3) is 0 Å². The predicted octanol–water partition coefficient (Wildman–Crippen LogP) is 1.77. The van der Waals surface area contributed by atoms with Crippen molar-refractivity contribution in [2.75, 3.05) is 65.1 Å². The molecule has 10 nitrogen and oxygen atoms in total. The molecule has 0 aliphatic carbocycles.